The van der Waals surface area contributed by atoms with Crippen molar-refractivity contribution < 1.29 is 29.5 Å². The molecule has 1 fully saturated rings. The number of ether oxygens (including phenoxy) is 1. The minimum Gasteiger partial charge on any atom is -0.632 e. The topological polar surface area (TPSA) is 110 Å². The lowest BCUT2D eigenvalue weighted by atomic mass is 9.85. The Balaban J connectivity index is 2.03. The maximum atomic E-state index is 12.4. The van der Waals surface area contributed by atoms with Gasteiger partial charge in [-0.1, -0.05) is 13.8 Å². The van der Waals surface area contributed by atoms with Crippen molar-refractivity contribution in [1.29, 1.82) is 0 Å². The predicted molar refractivity (Wildman–Crippen MR) is 78.3 cm³/mol. The van der Waals surface area contributed by atoms with E-state index >= 15 is 0 Å². The van der Waals surface area contributed by atoms with Crippen molar-refractivity contribution in [1.82, 2.24) is 0 Å². The molecule has 0 aromatic rings. The van der Waals surface area contributed by atoms with E-state index in [9.17, 15) is 25.3 Å². The fourth-order valence-corrected chi connectivity index (χ4v) is 3.41. The number of quaternary nitrogens is 1. The maximum Gasteiger partial charge on any atom is 0.341 e. The number of nitrogens with zero attached hydrogens (tertiary/aromatic N) is 1. The Morgan fingerprint density at radius 2 is 2.18 bits per heavy atom. The van der Waals surface area contributed by atoms with E-state index in [-0.39, 0.29) is 13.2 Å². The minimum absolute atomic E-state index is 0.148. The molecule has 0 saturated carbocycles. The van der Waals surface area contributed by atoms with Gasteiger partial charge >= 0.3 is 5.97 Å². The van der Waals surface area contributed by atoms with Crippen LogP contribution in [-0.4, -0.2) is 69.5 Å². The molecule has 7 heteroatoms. The van der Waals surface area contributed by atoms with Crippen molar-refractivity contribution in [2.75, 3.05) is 19.7 Å². The zero-order valence-electron chi connectivity index (χ0n) is 13.2. The summed E-state index contributed by atoms with van der Waals surface area (Å²) in [5.41, 5.74) is -1.40. The fraction of sp³-hybridized carbons (Fsp3) is 0.800. The lowest BCUT2D eigenvalue weighted by Crippen LogP contribution is -2.53. The largest absolute Gasteiger partial charge is 0.632 e. The number of aliphatic hydroxyl groups excluding tert-OH is 2. The number of hydrogen-bond donors (Lipinski definition) is 3. The van der Waals surface area contributed by atoms with Gasteiger partial charge in [-0.25, -0.2) is 4.79 Å². The molecule has 0 radical (unpaired) electrons. The van der Waals surface area contributed by atoms with Gasteiger partial charge in [-0.05, 0) is 18.9 Å². The maximum absolute atomic E-state index is 12.4. The van der Waals surface area contributed by atoms with Crippen molar-refractivity contribution in [3.05, 3.63) is 16.9 Å². The van der Waals surface area contributed by atoms with Gasteiger partial charge in [0.1, 0.15) is 18.8 Å². The van der Waals surface area contributed by atoms with Gasteiger partial charge in [0.15, 0.2) is 5.60 Å². The second kappa shape index (κ2) is 5.90. The first-order chi connectivity index (χ1) is 10.1. The quantitative estimate of drug-likeness (QED) is 0.278. The number of carbonyl (C=O) groups excluding carboxylic acids is 1. The summed E-state index contributed by atoms with van der Waals surface area (Å²) in [6.45, 7) is 5.02. The van der Waals surface area contributed by atoms with Gasteiger partial charge in [0.05, 0.1) is 19.2 Å². The summed E-state index contributed by atoms with van der Waals surface area (Å²) in [5.74, 6) is -1.44. The second-order valence-corrected chi connectivity index (χ2v) is 6.67. The minimum atomic E-state index is -1.99. The Morgan fingerprint density at radius 3 is 2.73 bits per heavy atom. The van der Waals surface area contributed by atoms with E-state index in [0.717, 1.165) is 0 Å². The van der Waals surface area contributed by atoms with Crippen LogP contribution in [0.15, 0.2) is 11.6 Å². The first-order valence-electron chi connectivity index (χ1n) is 7.65. The SMILES string of the molecule is CC(C)[C@@](O)(C(=O)OCC1=CC[N@@+]2([O-])CC[C@H](O)[C@@H]12)[C@@H](C)O. The molecule has 2 heterocycles. The van der Waals surface area contributed by atoms with Crippen LogP contribution in [0.4, 0.5) is 0 Å². The van der Waals surface area contributed by atoms with Gasteiger partial charge in [0.25, 0.3) is 0 Å². The second-order valence-electron chi connectivity index (χ2n) is 6.67. The van der Waals surface area contributed by atoms with Crippen molar-refractivity contribution in [3.8, 4) is 0 Å². The molecule has 22 heavy (non-hydrogen) atoms. The molecule has 7 nitrogen and oxygen atoms in total. The molecule has 0 aromatic heterocycles. The molecule has 0 spiro atoms. The summed E-state index contributed by atoms with van der Waals surface area (Å²) in [4.78, 5) is 12.2. The first kappa shape index (κ1) is 17.4. The lowest BCUT2D eigenvalue weighted by molar-refractivity contribution is -0.877. The molecular weight excluding hydrogens is 290 g/mol. The third kappa shape index (κ3) is 2.68. The van der Waals surface area contributed by atoms with Crippen molar-refractivity contribution in [2.45, 2.75) is 51.0 Å². The number of hydrogen-bond acceptors (Lipinski definition) is 6. The number of carbonyl (C=O) groups is 1. The Hall–Kier alpha value is -0.990. The standard InChI is InChI=1S/C15H25NO6/c1-9(2)15(20,10(3)17)14(19)22-8-11-4-6-16(21)7-5-12(18)13(11)16/h4,9-10,12-13,17-18,20H,5-8H2,1-3H3/t10-,12+,13-,15+,16-/m1/s1. The van der Waals surface area contributed by atoms with E-state index in [1.54, 1.807) is 19.9 Å². The number of rotatable bonds is 5. The highest BCUT2D eigenvalue weighted by Gasteiger charge is 2.49. The molecule has 0 bridgehead atoms. The molecule has 0 aromatic carbocycles. The van der Waals surface area contributed by atoms with Crippen molar-refractivity contribution >= 4 is 5.97 Å². The van der Waals surface area contributed by atoms with Gasteiger partial charge in [0, 0.05) is 12.0 Å². The molecule has 2 rings (SSSR count). The number of esters is 1. The molecule has 1 saturated heterocycles. The van der Waals surface area contributed by atoms with Crippen molar-refractivity contribution in [3.63, 3.8) is 0 Å². The van der Waals surface area contributed by atoms with Gasteiger partial charge in [-0.15, -0.1) is 0 Å². The van der Waals surface area contributed by atoms with E-state index in [2.05, 4.69) is 0 Å². The Labute approximate surface area is 130 Å². The van der Waals surface area contributed by atoms with Crippen LogP contribution in [0.5, 0.6) is 0 Å². The van der Waals surface area contributed by atoms with Crippen LogP contribution in [0, 0.1) is 11.1 Å². The van der Waals surface area contributed by atoms with Crippen molar-refractivity contribution in [2.24, 2.45) is 5.92 Å². The summed E-state index contributed by atoms with van der Waals surface area (Å²) in [7, 11) is 0. The highest BCUT2D eigenvalue weighted by molar-refractivity contribution is 5.80. The van der Waals surface area contributed by atoms with E-state index in [0.29, 0.717) is 18.5 Å². The lowest BCUT2D eigenvalue weighted by Gasteiger charge is -2.40. The zero-order chi connectivity index (χ0) is 16.7. The summed E-state index contributed by atoms with van der Waals surface area (Å²) in [5, 5.41) is 42.4. The monoisotopic (exact) mass is 315 g/mol. The predicted octanol–water partition coefficient (Wildman–Crippen LogP) is -0.315. The Morgan fingerprint density at radius 1 is 1.55 bits per heavy atom. The van der Waals surface area contributed by atoms with Crippen LogP contribution in [-0.2, 0) is 9.53 Å². The number of hydroxylamine groups is 3. The summed E-state index contributed by atoms with van der Waals surface area (Å²) in [6, 6.07) is -0.591. The van der Waals surface area contributed by atoms with Gasteiger partial charge < -0.3 is 29.9 Å². The Kier molecular flexibility index (Phi) is 4.66. The number of aliphatic hydroxyl groups is 3. The third-order valence-corrected chi connectivity index (χ3v) is 4.93. The number of fused-ring (bicyclic) bond motifs is 1. The highest BCUT2D eigenvalue weighted by Crippen LogP contribution is 2.36. The molecule has 0 unspecified atom stereocenters. The van der Waals surface area contributed by atoms with Gasteiger partial charge in [-0.2, -0.15) is 0 Å². The molecule has 2 aliphatic rings. The summed E-state index contributed by atoms with van der Waals surface area (Å²) < 4.78 is 4.64. The van der Waals surface area contributed by atoms with Crippen LogP contribution >= 0.6 is 0 Å². The molecule has 2 aliphatic heterocycles. The molecule has 3 N–H and O–H groups in total. The third-order valence-electron chi connectivity index (χ3n) is 4.93. The van der Waals surface area contributed by atoms with Crippen LogP contribution < -0.4 is 0 Å². The molecular formula is C15H25NO6. The smallest absolute Gasteiger partial charge is 0.341 e. The van der Waals surface area contributed by atoms with Crippen LogP contribution in [0.2, 0.25) is 0 Å². The van der Waals surface area contributed by atoms with E-state index < -0.39 is 40.4 Å². The first-order valence-corrected chi connectivity index (χ1v) is 7.65. The fourth-order valence-electron chi connectivity index (χ4n) is 3.41. The average molecular weight is 315 g/mol. The van der Waals surface area contributed by atoms with Crippen LogP contribution in [0.1, 0.15) is 27.2 Å². The summed E-state index contributed by atoms with van der Waals surface area (Å²) >= 11 is 0. The Bertz CT molecular complexity index is 467. The molecule has 126 valence electrons. The molecule has 5 atom stereocenters. The van der Waals surface area contributed by atoms with E-state index in [1.165, 1.54) is 6.92 Å². The molecule has 0 amide bonds. The van der Waals surface area contributed by atoms with Gasteiger partial charge in [0.2, 0.25) is 0 Å². The van der Waals surface area contributed by atoms with Crippen LogP contribution in [0.25, 0.3) is 0 Å². The highest BCUT2D eigenvalue weighted by atomic mass is 16.6. The summed E-state index contributed by atoms with van der Waals surface area (Å²) in [6.07, 6.45) is 0.127. The normalized spacial score (nSPS) is 35.0. The zero-order valence-corrected chi connectivity index (χ0v) is 13.2. The van der Waals surface area contributed by atoms with Crippen LogP contribution in [0.3, 0.4) is 0 Å². The van der Waals surface area contributed by atoms with Gasteiger partial charge in [-0.3, -0.25) is 0 Å². The van der Waals surface area contributed by atoms with E-state index in [4.69, 9.17) is 4.74 Å². The molecule has 0 aliphatic carbocycles. The average Bonchev–Trinajstić information content (AvgIpc) is 2.92. The van der Waals surface area contributed by atoms with E-state index in [1.807, 2.05) is 0 Å².